The molecule has 0 saturated carbocycles. The Morgan fingerprint density at radius 3 is 1.78 bits per heavy atom. The topological polar surface area (TPSA) is 460 Å². The molecule has 39 heteroatoms. The van der Waals surface area contributed by atoms with Crippen molar-refractivity contribution in [3.63, 3.8) is 0 Å². The normalized spacial score (nSPS) is 12.4. The van der Waals surface area contributed by atoms with Crippen molar-refractivity contribution in [3.8, 4) is 5.75 Å². The Hall–Kier alpha value is -0.950. The van der Waals surface area contributed by atoms with Gasteiger partial charge in [0.2, 0.25) is 11.9 Å². The minimum atomic E-state index is -5.59. The number of sulfone groups is 1. The summed E-state index contributed by atoms with van der Waals surface area (Å²) in [5.41, 5.74) is -3.61. The minimum Gasteiger partial charge on any atom is -0.870 e. The van der Waals surface area contributed by atoms with Crippen molar-refractivity contribution in [2.24, 2.45) is 15.2 Å². The standard InChI is InChI=1S/C30H27FN8O19S6.5Na/c31-28-35-29(33-17-3-1-2-15(10-17)27(41)32-6-7-59(42,43)8-9-60(44,45)46)37-30(36-28)34-21-14-19(62(50,51)52)11-16-12-23(64(56,57)58)25(26(40)24(16)21)39-38-20-13-18(61(47,48)49)4-5-22(20)63(53,54)55;;;;;/h1-5,10-14,40H,6-9H2,(H,32,41)(H,44,45,46)(H,47,48,49)(H,50,51,52)(H,53,54,55)(H,56,57,58)(H2,33,34,35,36,37);;;;;/q;5*+1/p-5. The molecule has 27 nitrogen and oxygen atoms in total. The minimum absolute atomic E-state index is 0. The first-order valence-electron chi connectivity index (χ1n) is 16.5. The summed E-state index contributed by atoms with van der Waals surface area (Å²) in [5.74, 6) is -7.12. The van der Waals surface area contributed by atoms with E-state index in [-0.39, 0.29) is 165 Å². The molecule has 4 N–H and O–H groups in total. The molecule has 0 fully saturated rings. The molecule has 0 unspecified atom stereocenters. The van der Waals surface area contributed by atoms with E-state index < -0.39 is 161 Å². The number of nitrogens with zero attached hydrogens (tertiary/aromatic N) is 6. The van der Waals surface area contributed by atoms with Crippen molar-refractivity contribution in [2.45, 2.75) is 19.6 Å². The van der Waals surface area contributed by atoms with Crippen LogP contribution < -0.4 is 169 Å². The van der Waals surface area contributed by atoms with Gasteiger partial charge in [-0.25, -0.2) is 33.7 Å². The molecular weight excluding hydrogens is 1100 g/mol. The Morgan fingerprint density at radius 1 is 0.652 bits per heavy atom. The van der Waals surface area contributed by atoms with E-state index in [1.807, 2.05) is 0 Å². The number of fused-ring (bicyclic) bond motifs is 1. The quantitative estimate of drug-likeness (QED) is 0.0221. The summed E-state index contributed by atoms with van der Waals surface area (Å²) < 4.78 is 211. The van der Waals surface area contributed by atoms with Gasteiger partial charge in [0.25, 0.3) is 20.2 Å². The van der Waals surface area contributed by atoms with Crippen molar-refractivity contribution >= 4 is 112 Å². The first kappa shape index (κ1) is 68.0. The number of hydrogen-bond acceptors (Lipinski definition) is 25. The van der Waals surface area contributed by atoms with Crippen LogP contribution in [0.2, 0.25) is 0 Å². The molecule has 0 amide bonds. The smallest absolute Gasteiger partial charge is 0.870 e. The van der Waals surface area contributed by atoms with Crippen molar-refractivity contribution < 1.29 is 236 Å². The monoisotopic (exact) mass is 1120 g/mol. The van der Waals surface area contributed by atoms with Crippen molar-refractivity contribution in [1.82, 2.24) is 15.0 Å². The Bertz CT molecular complexity index is 3510. The van der Waals surface area contributed by atoms with E-state index in [0.29, 0.717) is 30.3 Å². The van der Waals surface area contributed by atoms with Gasteiger partial charge in [-0.05, 0) is 70.8 Å². The zero-order chi connectivity index (χ0) is 47.8. The molecule has 0 aliphatic carbocycles. The molecule has 0 radical (unpaired) electrons. The molecule has 0 atom stereocenters. The molecule has 4 aromatic carbocycles. The number of benzene rings is 4. The Kier molecular flexibility index (Phi) is 26.1. The van der Waals surface area contributed by atoms with Crippen LogP contribution in [0, 0.1) is 6.08 Å². The number of rotatable bonds is 17. The van der Waals surface area contributed by atoms with Gasteiger partial charge in [-0.3, -0.25) is 14.1 Å². The fourth-order valence-corrected chi connectivity index (χ4v) is 9.87. The fourth-order valence-electron chi connectivity index (χ4n) is 5.18. The van der Waals surface area contributed by atoms with Crippen molar-refractivity contribution in [1.29, 1.82) is 0 Å². The largest absolute Gasteiger partial charge is 1.00 e. The molecule has 5 rings (SSSR count). The molecule has 0 aliphatic rings. The molecule has 5 aromatic rings. The van der Waals surface area contributed by atoms with Crippen LogP contribution in [0.4, 0.5) is 39.0 Å². The summed E-state index contributed by atoms with van der Waals surface area (Å²) in [6, 6.07) is 7.35. The van der Waals surface area contributed by atoms with Gasteiger partial charge in [0.1, 0.15) is 35.7 Å². The van der Waals surface area contributed by atoms with Crippen LogP contribution in [0.15, 0.2) is 95.5 Å². The molecule has 0 bridgehead atoms. The first-order chi connectivity index (χ1) is 29.3. The van der Waals surface area contributed by atoms with E-state index in [2.05, 4.69) is 40.8 Å². The number of anilines is 4. The molecule has 0 saturated heterocycles. The van der Waals surface area contributed by atoms with Gasteiger partial charge in [-0.15, -0.1) is 10.2 Å². The number of nitrogens with one attached hydrogen (secondary N) is 2. The Labute approximate surface area is 502 Å². The maximum absolute atomic E-state index is 14.8. The van der Waals surface area contributed by atoms with Crippen molar-refractivity contribution in [2.75, 3.05) is 34.4 Å². The van der Waals surface area contributed by atoms with Gasteiger partial charge in [0.15, 0.2) is 9.84 Å². The predicted octanol–water partition coefficient (Wildman–Crippen LogP) is -15.5. The number of aliphatic imine (C=N–C) groups is 1. The van der Waals surface area contributed by atoms with Crippen LogP contribution in [0.1, 0.15) is 5.56 Å². The zero-order valence-electron chi connectivity index (χ0n) is 35.9. The average molecular weight is 1120 g/mol. The number of hydrogen-bond donors (Lipinski definition) is 4. The molecule has 1 heterocycles. The van der Waals surface area contributed by atoms with Gasteiger partial charge in [-0.2, -0.15) is 36.2 Å². The van der Waals surface area contributed by atoms with Crippen LogP contribution >= 0.6 is 0 Å². The molecule has 0 aliphatic heterocycles. The van der Waals surface area contributed by atoms with Crippen molar-refractivity contribution in [3.05, 3.63) is 72.3 Å². The summed E-state index contributed by atoms with van der Waals surface area (Å²) in [5, 5.41) is 36.5. The number of azo groups is 1. The number of aromatic nitrogens is 3. The van der Waals surface area contributed by atoms with E-state index in [4.69, 9.17) is 0 Å². The fraction of sp³-hybridized carbons (Fsp3) is 0.133. The summed E-state index contributed by atoms with van der Waals surface area (Å²) in [7, 11) is -30.6. The Balaban J connectivity index is 0.00000925. The molecule has 69 heavy (non-hydrogen) atoms. The van der Waals surface area contributed by atoms with Gasteiger partial charge >= 0.3 is 154 Å². The second kappa shape index (κ2) is 26.5. The number of halogens is 1. The summed E-state index contributed by atoms with van der Waals surface area (Å²) >= 11 is 0. The van der Waals surface area contributed by atoms with Crippen LogP contribution in [0.5, 0.6) is 5.75 Å². The maximum atomic E-state index is 14.8. The van der Waals surface area contributed by atoms with E-state index in [1.54, 1.807) is 0 Å². The van der Waals surface area contributed by atoms with Gasteiger partial charge in [0.05, 0.1) is 49.4 Å². The summed E-state index contributed by atoms with van der Waals surface area (Å²) in [4.78, 5) is 9.24. The van der Waals surface area contributed by atoms with Gasteiger partial charge in [-0.1, -0.05) is 17.9 Å². The van der Waals surface area contributed by atoms with Crippen LogP contribution in [0.25, 0.3) is 10.8 Å². The molecule has 1 aromatic heterocycles. The SMILES string of the molecule is O=S(=O)([O-])CCS(=O)(=O)CCN=C([O-])c1cccc(Nc2nc(F)nc(Nc3cc(S(=O)(=O)[O-])cc4cc(S(=O)(=O)O)c(N=Nc5cc(S(=O)(=O)[O-])ccc5S(=O)(=O)O)c([O-])c34)n2)c1.[Na+].[Na+].[Na+].[Na+].[Na+]. The van der Waals surface area contributed by atoms with Crippen LogP contribution in [-0.4, -0.2) is 118 Å². The van der Waals surface area contributed by atoms with Gasteiger partial charge < -0.3 is 34.5 Å². The predicted molar refractivity (Wildman–Crippen MR) is 207 cm³/mol. The van der Waals surface area contributed by atoms with E-state index in [0.717, 1.165) is 6.07 Å². The average Bonchev–Trinajstić information content (AvgIpc) is 3.14. The van der Waals surface area contributed by atoms with E-state index in [1.165, 1.54) is 18.2 Å². The third-order valence-electron chi connectivity index (χ3n) is 7.95. The summed E-state index contributed by atoms with van der Waals surface area (Å²) in [6.07, 6.45) is -1.58. The molecule has 344 valence electrons. The van der Waals surface area contributed by atoms with Crippen LogP contribution in [0.3, 0.4) is 0 Å². The van der Waals surface area contributed by atoms with E-state index >= 15 is 0 Å². The van der Waals surface area contributed by atoms with Gasteiger partial charge in [0, 0.05) is 11.4 Å². The summed E-state index contributed by atoms with van der Waals surface area (Å²) in [6.45, 7) is -0.626. The molecular formula is C30H22FN8Na5O19S6. The third kappa shape index (κ3) is 19.4. The zero-order valence-corrected chi connectivity index (χ0v) is 50.8. The molecule has 0 spiro atoms. The Morgan fingerprint density at radius 2 is 1.23 bits per heavy atom. The third-order valence-corrected chi connectivity index (χ3v) is 14.0. The second-order valence-corrected chi connectivity index (χ2v) is 21.9. The van der Waals surface area contributed by atoms with E-state index in [9.17, 15) is 87.9 Å². The first-order valence-corrected chi connectivity index (χ1v) is 25.6. The maximum Gasteiger partial charge on any atom is 1.00 e. The second-order valence-electron chi connectivity index (χ2n) is 12.5. The van der Waals surface area contributed by atoms with Crippen LogP contribution in [-0.2, 0) is 60.4 Å².